The van der Waals surface area contributed by atoms with E-state index in [1.807, 2.05) is 12.1 Å². The van der Waals surface area contributed by atoms with E-state index in [-0.39, 0.29) is 16.3 Å². The number of nitrogens with zero attached hydrogens (tertiary/aromatic N) is 1. The van der Waals surface area contributed by atoms with Crippen molar-refractivity contribution in [1.82, 2.24) is 4.90 Å². The Morgan fingerprint density at radius 2 is 2.11 bits per heavy atom. The SMILES string of the molecule is C=CCC1(Cc2ccc(Cl)c(F)c2)CCN(C)CC1. The first-order valence-corrected chi connectivity index (χ1v) is 7.16. The molecule has 0 aliphatic carbocycles. The number of hydrogen-bond donors (Lipinski definition) is 0. The molecule has 0 N–H and O–H groups in total. The Hall–Kier alpha value is -0.860. The third kappa shape index (κ3) is 3.58. The van der Waals surface area contributed by atoms with Gasteiger partial charge in [-0.1, -0.05) is 23.7 Å². The van der Waals surface area contributed by atoms with E-state index >= 15 is 0 Å². The third-order valence-electron chi connectivity index (χ3n) is 4.19. The number of allylic oxidation sites excluding steroid dienone is 1. The monoisotopic (exact) mass is 281 g/mol. The van der Waals surface area contributed by atoms with Crippen molar-refractivity contribution >= 4 is 11.6 Å². The Kier molecular flexibility index (Phi) is 4.64. The largest absolute Gasteiger partial charge is 0.306 e. The molecule has 0 saturated carbocycles. The molecule has 3 heteroatoms. The predicted molar refractivity (Wildman–Crippen MR) is 79.1 cm³/mol. The van der Waals surface area contributed by atoms with Crippen LogP contribution in [0.15, 0.2) is 30.9 Å². The van der Waals surface area contributed by atoms with Crippen LogP contribution in [0.4, 0.5) is 4.39 Å². The molecule has 1 aliphatic heterocycles. The molecular weight excluding hydrogens is 261 g/mol. The van der Waals surface area contributed by atoms with Crippen LogP contribution in [0.25, 0.3) is 0 Å². The molecule has 1 aliphatic rings. The Balaban J connectivity index is 2.16. The molecule has 1 heterocycles. The number of halogens is 2. The molecule has 1 nitrogen and oxygen atoms in total. The first-order valence-electron chi connectivity index (χ1n) is 6.78. The normalized spacial score (nSPS) is 19.3. The van der Waals surface area contributed by atoms with E-state index in [9.17, 15) is 4.39 Å². The summed E-state index contributed by atoms with van der Waals surface area (Å²) >= 11 is 5.74. The second-order valence-electron chi connectivity index (χ2n) is 5.72. The zero-order chi connectivity index (χ0) is 13.9. The number of likely N-dealkylation sites (tertiary alicyclic amines) is 1. The third-order valence-corrected chi connectivity index (χ3v) is 4.49. The first kappa shape index (κ1) is 14.5. The standard InChI is InChI=1S/C16H21ClFN/c1-3-6-16(7-9-19(2)10-8-16)12-13-4-5-14(17)15(18)11-13/h3-5,11H,1,6-10,12H2,2H3. The molecule has 1 fully saturated rings. The van der Waals surface area contributed by atoms with Crippen LogP contribution >= 0.6 is 11.6 Å². The van der Waals surface area contributed by atoms with Crippen molar-refractivity contribution in [3.8, 4) is 0 Å². The maximum absolute atomic E-state index is 13.5. The fourth-order valence-electron chi connectivity index (χ4n) is 2.93. The van der Waals surface area contributed by atoms with E-state index < -0.39 is 0 Å². The average molecular weight is 282 g/mol. The van der Waals surface area contributed by atoms with Gasteiger partial charge in [0.1, 0.15) is 5.82 Å². The van der Waals surface area contributed by atoms with E-state index in [0.29, 0.717) is 0 Å². The van der Waals surface area contributed by atoms with Gasteiger partial charge in [-0.25, -0.2) is 4.39 Å². The lowest BCUT2D eigenvalue weighted by Crippen LogP contribution is -2.39. The lowest BCUT2D eigenvalue weighted by Gasteiger charge is -2.40. The summed E-state index contributed by atoms with van der Waals surface area (Å²) in [5, 5.41) is 0.199. The molecule has 0 atom stereocenters. The van der Waals surface area contributed by atoms with Gasteiger partial charge < -0.3 is 4.90 Å². The van der Waals surface area contributed by atoms with Gasteiger partial charge in [0.15, 0.2) is 0 Å². The van der Waals surface area contributed by atoms with Crippen LogP contribution in [0.2, 0.25) is 5.02 Å². The van der Waals surface area contributed by atoms with E-state index in [4.69, 9.17) is 11.6 Å². The molecular formula is C16H21ClFN. The van der Waals surface area contributed by atoms with Gasteiger partial charge in [-0.15, -0.1) is 6.58 Å². The smallest absolute Gasteiger partial charge is 0.142 e. The molecule has 1 aromatic carbocycles. The molecule has 0 bridgehead atoms. The van der Waals surface area contributed by atoms with Crippen molar-refractivity contribution in [1.29, 1.82) is 0 Å². The molecule has 0 radical (unpaired) electrons. The second-order valence-corrected chi connectivity index (χ2v) is 6.13. The van der Waals surface area contributed by atoms with Gasteiger partial charge in [-0.3, -0.25) is 0 Å². The number of rotatable bonds is 4. The number of hydrogen-bond acceptors (Lipinski definition) is 1. The van der Waals surface area contributed by atoms with Gasteiger partial charge in [-0.2, -0.15) is 0 Å². The Labute approximate surface area is 120 Å². The van der Waals surface area contributed by atoms with E-state index in [1.165, 1.54) is 0 Å². The minimum absolute atomic E-state index is 0.199. The molecule has 0 spiro atoms. The highest BCUT2D eigenvalue weighted by Crippen LogP contribution is 2.38. The summed E-state index contributed by atoms with van der Waals surface area (Å²) in [4.78, 5) is 2.35. The molecule has 0 amide bonds. The lowest BCUT2D eigenvalue weighted by molar-refractivity contribution is 0.124. The van der Waals surface area contributed by atoms with E-state index in [2.05, 4.69) is 18.5 Å². The quantitative estimate of drug-likeness (QED) is 0.744. The Morgan fingerprint density at radius 3 is 2.68 bits per heavy atom. The highest BCUT2D eigenvalue weighted by Gasteiger charge is 2.32. The minimum atomic E-state index is -0.319. The number of benzene rings is 1. The summed E-state index contributed by atoms with van der Waals surface area (Å²) in [5.74, 6) is -0.319. The molecule has 0 aromatic heterocycles. The van der Waals surface area contributed by atoms with Crippen molar-refractivity contribution in [3.63, 3.8) is 0 Å². The highest BCUT2D eigenvalue weighted by atomic mass is 35.5. The maximum Gasteiger partial charge on any atom is 0.142 e. The molecule has 0 unspecified atom stereocenters. The molecule has 1 saturated heterocycles. The predicted octanol–water partition coefficient (Wildman–Crippen LogP) is 4.31. The Morgan fingerprint density at radius 1 is 1.42 bits per heavy atom. The highest BCUT2D eigenvalue weighted by molar-refractivity contribution is 6.30. The van der Waals surface area contributed by atoms with E-state index in [0.717, 1.165) is 44.3 Å². The van der Waals surface area contributed by atoms with Crippen molar-refractivity contribution in [3.05, 3.63) is 47.3 Å². The van der Waals surface area contributed by atoms with Gasteiger partial charge in [0.05, 0.1) is 5.02 Å². The molecule has 19 heavy (non-hydrogen) atoms. The fourth-order valence-corrected chi connectivity index (χ4v) is 3.05. The zero-order valence-electron chi connectivity index (χ0n) is 11.5. The van der Waals surface area contributed by atoms with Gasteiger partial charge in [-0.05, 0) is 68.9 Å². The van der Waals surface area contributed by atoms with Gasteiger partial charge in [0.2, 0.25) is 0 Å². The molecule has 104 valence electrons. The van der Waals surface area contributed by atoms with Crippen molar-refractivity contribution in [2.45, 2.75) is 25.7 Å². The molecule has 1 aromatic rings. The summed E-state index contributed by atoms with van der Waals surface area (Å²) in [7, 11) is 2.15. The van der Waals surface area contributed by atoms with Crippen molar-refractivity contribution in [2.75, 3.05) is 20.1 Å². The fraction of sp³-hybridized carbons (Fsp3) is 0.500. The first-order chi connectivity index (χ1) is 9.04. The van der Waals surface area contributed by atoms with Crippen LogP contribution in [-0.4, -0.2) is 25.0 Å². The topological polar surface area (TPSA) is 3.24 Å². The van der Waals surface area contributed by atoms with Gasteiger partial charge in [0, 0.05) is 0 Å². The van der Waals surface area contributed by atoms with Crippen LogP contribution < -0.4 is 0 Å². The lowest BCUT2D eigenvalue weighted by atomic mass is 9.71. The Bertz CT molecular complexity index is 450. The summed E-state index contributed by atoms with van der Waals surface area (Å²) in [6.07, 6.45) is 6.17. The zero-order valence-corrected chi connectivity index (χ0v) is 12.2. The van der Waals surface area contributed by atoms with Crippen LogP contribution in [0.1, 0.15) is 24.8 Å². The van der Waals surface area contributed by atoms with Crippen molar-refractivity contribution in [2.24, 2.45) is 5.41 Å². The molecule has 2 rings (SSSR count). The maximum atomic E-state index is 13.5. The minimum Gasteiger partial charge on any atom is -0.306 e. The summed E-state index contributed by atoms with van der Waals surface area (Å²) < 4.78 is 13.5. The van der Waals surface area contributed by atoms with Gasteiger partial charge in [0.25, 0.3) is 0 Å². The van der Waals surface area contributed by atoms with E-state index in [1.54, 1.807) is 12.1 Å². The summed E-state index contributed by atoms with van der Waals surface area (Å²) in [6, 6.07) is 5.17. The summed E-state index contributed by atoms with van der Waals surface area (Å²) in [6.45, 7) is 6.09. The van der Waals surface area contributed by atoms with Crippen LogP contribution in [0.5, 0.6) is 0 Å². The van der Waals surface area contributed by atoms with Gasteiger partial charge >= 0.3 is 0 Å². The van der Waals surface area contributed by atoms with Crippen LogP contribution in [0, 0.1) is 11.2 Å². The second kappa shape index (κ2) is 6.06. The average Bonchev–Trinajstić information content (AvgIpc) is 2.38. The number of piperidine rings is 1. The van der Waals surface area contributed by atoms with Crippen LogP contribution in [-0.2, 0) is 6.42 Å². The van der Waals surface area contributed by atoms with Crippen LogP contribution in [0.3, 0.4) is 0 Å². The van der Waals surface area contributed by atoms with Crippen molar-refractivity contribution < 1.29 is 4.39 Å². The summed E-state index contributed by atoms with van der Waals surface area (Å²) in [5.41, 5.74) is 1.27.